The van der Waals surface area contributed by atoms with Gasteiger partial charge in [0, 0.05) is 15.8 Å². The Bertz CT molecular complexity index is 401. The Balaban J connectivity index is 1.92. The van der Waals surface area contributed by atoms with Crippen molar-refractivity contribution in [1.82, 2.24) is 5.32 Å². The number of hydrogen-bond donors (Lipinski definition) is 1. The predicted molar refractivity (Wildman–Crippen MR) is 95.2 cm³/mol. The second-order valence-electron chi connectivity index (χ2n) is 7.01. The summed E-state index contributed by atoms with van der Waals surface area (Å²) in [5.74, 6) is 2.72. The molecule has 1 aromatic heterocycles. The van der Waals surface area contributed by atoms with E-state index in [2.05, 4.69) is 45.1 Å². The zero-order valence-electron chi connectivity index (χ0n) is 14.3. The standard InChI is InChI=1S/C19H33NS/c1-5-17-11-12-18(21-17)13-19(20-6-2)16-9-7-15(8-10-16)14(3)4/h11-12,14-16,19-20H,5-10,13H2,1-4H3. The maximum absolute atomic E-state index is 3.78. The van der Waals surface area contributed by atoms with E-state index in [9.17, 15) is 0 Å². The number of likely N-dealkylation sites (N-methyl/N-ethyl adjacent to an activating group) is 1. The van der Waals surface area contributed by atoms with Crippen molar-refractivity contribution in [1.29, 1.82) is 0 Å². The minimum Gasteiger partial charge on any atom is -0.314 e. The van der Waals surface area contributed by atoms with Crippen LogP contribution < -0.4 is 5.32 Å². The zero-order valence-corrected chi connectivity index (χ0v) is 15.1. The summed E-state index contributed by atoms with van der Waals surface area (Å²) in [6.45, 7) is 10.4. The SMILES string of the molecule is CCNC(Cc1ccc(CC)s1)C1CCC(C(C)C)CC1. The van der Waals surface area contributed by atoms with E-state index >= 15 is 0 Å². The first-order valence-corrected chi connectivity index (χ1v) is 9.76. The number of rotatable bonds is 7. The first kappa shape index (κ1) is 17.0. The van der Waals surface area contributed by atoms with Crippen molar-refractivity contribution in [2.75, 3.05) is 6.54 Å². The van der Waals surface area contributed by atoms with Gasteiger partial charge < -0.3 is 5.32 Å². The van der Waals surface area contributed by atoms with Gasteiger partial charge in [-0.2, -0.15) is 0 Å². The second-order valence-corrected chi connectivity index (χ2v) is 8.26. The molecular weight excluding hydrogens is 274 g/mol. The summed E-state index contributed by atoms with van der Waals surface area (Å²) in [6, 6.07) is 5.36. The molecule has 0 radical (unpaired) electrons. The van der Waals surface area contributed by atoms with Crippen LogP contribution in [0.5, 0.6) is 0 Å². The van der Waals surface area contributed by atoms with Gasteiger partial charge >= 0.3 is 0 Å². The van der Waals surface area contributed by atoms with E-state index in [1.54, 1.807) is 4.88 Å². The van der Waals surface area contributed by atoms with Crippen molar-refractivity contribution in [3.05, 3.63) is 21.9 Å². The molecule has 0 bridgehead atoms. The van der Waals surface area contributed by atoms with E-state index in [-0.39, 0.29) is 0 Å². The maximum atomic E-state index is 3.78. The van der Waals surface area contributed by atoms with E-state index in [1.807, 2.05) is 11.3 Å². The van der Waals surface area contributed by atoms with E-state index in [0.29, 0.717) is 6.04 Å². The molecule has 0 spiro atoms. The molecule has 1 aromatic rings. The molecule has 1 unspecified atom stereocenters. The molecule has 0 aliphatic heterocycles. The van der Waals surface area contributed by atoms with Crippen LogP contribution in [0.1, 0.15) is 63.1 Å². The molecule has 0 amide bonds. The lowest BCUT2D eigenvalue weighted by molar-refractivity contribution is 0.189. The molecule has 1 nitrogen and oxygen atoms in total. The Morgan fingerprint density at radius 2 is 1.67 bits per heavy atom. The van der Waals surface area contributed by atoms with Crippen molar-refractivity contribution in [2.45, 2.75) is 72.3 Å². The van der Waals surface area contributed by atoms with E-state index in [0.717, 1.165) is 24.3 Å². The van der Waals surface area contributed by atoms with Crippen LogP contribution in [0.25, 0.3) is 0 Å². The molecule has 1 aliphatic carbocycles. The lowest BCUT2D eigenvalue weighted by atomic mass is 9.74. The molecule has 1 saturated carbocycles. The molecule has 0 aromatic carbocycles. The number of thiophene rings is 1. The molecule has 2 heteroatoms. The quantitative estimate of drug-likeness (QED) is 0.721. The molecule has 21 heavy (non-hydrogen) atoms. The topological polar surface area (TPSA) is 12.0 Å². The molecule has 1 atom stereocenters. The van der Waals surface area contributed by atoms with Gasteiger partial charge in [0.1, 0.15) is 0 Å². The van der Waals surface area contributed by atoms with Gasteiger partial charge in [-0.25, -0.2) is 0 Å². The minimum atomic E-state index is 0.687. The van der Waals surface area contributed by atoms with Crippen molar-refractivity contribution in [2.24, 2.45) is 17.8 Å². The summed E-state index contributed by atoms with van der Waals surface area (Å²) in [5, 5.41) is 3.78. The highest BCUT2D eigenvalue weighted by Gasteiger charge is 2.28. The fourth-order valence-electron chi connectivity index (χ4n) is 3.82. The molecule has 1 heterocycles. The molecule has 1 N–H and O–H groups in total. The van der Waals surface area contributed by atoms with Crippen molar-refractivity contribution >= 4 is 11.3 Å². The van der Waals surface area contributed by atoms with Gasteiger partial charge in [0.2, 0.25) is 0 Å². The highest BCUT2D eigenvalue weighted by Crippen LogP contribution is 2.36. The molecule has 1 fully saturated rings. The third-order valence-corrected chi connectivity index (χ3v) is 6.53. The maximum Gasteiger partial charge on any atom is 0.0143 e. The van der Waals surface area contributed by atoms with Gasteiger partial charge in [-0.3, -0.25) is 0 Å². The largest absolute Gasteiger partial charge is 0.314 e. The van der Waals surface area contributed by atoms with Gasteiger partial charge in [0.05, 0.1) is 0 Å². The van der Waals surface area contributed by atoms with Crippen LogP contribution in [-0.2, 0) is 12.8 Å². The summed E-state index contributed by atoms with van der Waals surface area (Å²) in [7, 11) is 0. The van der Waals surface area contributed by atoms with E-state index < -0.39 is 0 Å². The Morgan fingerprint density at radius 1 is 1.05 bits per heavy atom. The number of hydrogen-bond acceptors (Lipinski definition) is 2. The van der Waals surface area contributed by atoms with Crippen molar-refractivity contribution < 1.29 is 0 Å². The average molecular weight is 308 g/mol. The van der Waals surface area contributed by atoms with Crippen molar-refractivity contribution in [3.8, 4) is 0 Å². The zero-order chi connectivity index (χ0) is 15.2. The van der Waals surface area contributed by atoms with E-state index in [4.69, 9.17) is 0 Å². The summed E-state index contributed by atoms with van der Waals surface area (Å²) in [5.41, 5.74) is 0. The van der Waals surface area contributed by atoms with Gasteiger partial charge in [-0.05, 0) is 75.0 Å². The molecule has 0 saturated heterocycles. The molecule has 2 rings (SSSR count). The second kappa shape index (κ2) is 8.33. The van der Waals surface area contributed by atoms with Gasteiger partial charge in [0.15, 0.2) is 0 Å². The van der Waals surface area contributed by atoms with Gasteiger partial charge in [-0.15, -0.1) is 11.3 Å². The number of aryl methyl sites for hydroxylation is 1. The summed E-state index contributed by atoms with van der Waals surface area (Å²) in [6.07, 6.45) is 8.13. The van der Waals surface area contributed by atoms with Gasteiger partial charge in [0.25, 0.3) is 0 Å². The lowest BCUT2D eigenvalue weighted by Crippen LogP contribution is -2.40. The average Bonchev–Trinajstić information content (AvgIpc) is 2.94. The Labute approximate surface area is 135 Å². The first-order valence-electron chi connectivity index (χ1n) is 8.95. The summed E-state index contributed by atoms with van der Waals surface area (Å²) in [4.78, 5) is 3.10. The third kappa shape index (κ3) is 4.82. The van der Waals surface area contributed by atoms with Gasteiger partial charge in [-0.1, -0.05) is 27.7 Å². The lowest BCUT2D eigenvalue weighted by Gasteiger charge is -2.35. The van der Waals surface area contributed by atoms with Crippen LogP contribution in [0, 0.1) is 17.8 Å². The first-order chi connectivity index (χ1) is 10.1. The van der Waals surface area contributed by atoms with E-state index in [1.165, 1.54) is 43.4 Å². The Kier molecular flexibility index (Phi) is 6.75. The minimum absolute atomic E-state index is 0.687. The normalized spacial score (nSPS) is 24.4. The molecular formula is C19H33NS. The third-order valence-electron chi connectivity index (χ3n) is 5.28. The highest BCUT2D eigenvalue weighted by molar-refractivity contribution is 7.11. The van der Waals surface area contributed by atoms with Crippen LogP contribution in [-0.4, -0.2) is 12.6 Å². The van der Waals surface area contributed by atoms with Crippen LogP contribution in [0.2, 0.25) is 0 Å². The van der Waals surface area contributed by atoms with Crippen LogP contribution in [0.4, 0.5) is 0 Å². The Hall–Kier alpha value is -0.340. The number of nitrogens with one attached hydrogen (secondary N) is 1. The highest BCUT2D eigenvalue weighted by atomic mass is 32.1. The molecule has 120 valence electrons. The summed E-state index contributed by atoms with van der Waals surface area (Å²) < 4.78 is 0. The fraction of sp³-hybridized carbons (Fsp3) is 0.789. The summed E-state index contributed by atoms with van der Waals surface area (Å²) >= 11 is 2.02. The van der Waals surface area contributed by atoms with Crippen LogP contribution in [0.3, 0.4) is 0 Å². The predicted octanol–water partition coefficient (Wildman–Crippen LogP) is 5.29. The van der Waals surface area contributed by atoms with Crippen molar-refractivity contribution in [3.63, 3.8) is 0 Å². The van der Waals surface area contributed by atoms with Crippen LogP contribution >= 0.6 is 11.3 Å². The van der Waals surface area contributed by atoms with Crippen LogP contribution in [0.15, 0.2) is 12.1 Å². The molecule has 1 aliphatic rings. The smallest absolute Gasteiger partial charge is 0.0143 e. The Morgan fingerprint density at radius 3 is 2.19 bits per heavy atom. The monoisotopic (exact) mass is 307 g/mol. The fourth-order valence-corrected chi connectivity index (χ4v) is 4.84.